The van der Waals surface area contributed by atoms with Gasteiger partial charge in [0.25, 0.3) is 0 Å². The van der Waals surface area contributed by atoms with Gasteiger partial charge in [-0.25, -0.2) is 0 Å². The highest BCUT2D eigenvalue weighted by atomic mass is 15.0. The van der Waals surface area contributed by atoms with Crippen LogP contribution in [0.25, 0.3) is 115 Å². The Balaban J connectivity index is 1.04. The van der Waals surface area contributed by atoms with E-state index in [9.17, 15) is 5.26 Å². The number of hydrogen-bond acceptors (Lipinski definition) is 1. The Morgan fingerprint density at radius 1 is 0.333 bits per heavy atom. The number of aromatic nitrogens is 1. The molecule has 0 N–H and O–H groups in total. The molecule has 11 aromatic carbocycles. The fourth-order valence-electron chi connectivity index (χ4n) is 9.57. The van der Waals surface area contributed by atoms with Gasteiger partial charge in [-0.05, 0) is 136 Å². The molecule has 1 heterocycles. The molecule has 0 aliphatic heterocycles. The first-order chi connectivity index (χ1) is 28.2. The van der Waals surface area contributed by atoms with Gasteiger partial charge in [-0.1, -0.05) is 146 Å². The van der Waals surface area contributed by atoms with Gasteiger partial charge in [-0.15, -0.1) is 0 Å². The monoisotopic (exact) mass is 720 g/mol. The van der Waals surface area contributed by atoms with E-state index >= 15 is 0 Å². The van der Waals surface area contributed by atoms with E-state index in [-0.39, 0.29) is 0 Å². The normalized spacial score (nSPS) is 11.8. The molecule has 0 saturated heterocycles. The minimum absolute atomic E-state index is 0.667. The lowest BCUT2D eigenvalue weighted by atomic mass is 9.86. The van der Waals surface area contributed by atoms with Crippen molar-refractivity contribution >= 4 is 75.7 Å². The lowest BCUT2D eigenvalue weighted by molar-refractivity contribution is 1.18. The van der Waals surface area contributed by atoms with Gasteiger partial charge in [0.2, 0.25) is 0 Å². The second-order valence-corrected chi connectivity index (χ2v) is 15.2. The third-order valence-electron chi connectivity index (χ3n) is 12.1. The molecule has 0 amide bonds. The van der Waals surface area contributed by atoms with Crippen molar-refractivity contribution in [3.63, 3.8) is 0 Å². The SMILES string of the molecule is N#Cc1cc2ccc3cc(-c4ccc(-c5cc6c7ccccc7c(-c7cccc8ccccc78)cc6c6ccccc56)cc4)cc4c3c2c(c1)n4-c1ccccc1. The van der Waals surface area contributed by atoms with Crippen LogP contribution in [0.4, 0.5) is 0 Å². The first kappa shape index (κ1) is 31.6. The maximum atomic E-state index is 9.93. The first-order valence-electron chi connectivity index (χ1n) is 19.5. The smallest absolute Gasteiger partial charge is 0.0992 e. The number of para-hydroxylation sites is 1. The zero-order valence-corrected chi connectivity index (χ0v) is 30.9. The zero-order chi connectivity index (χ0) is 37.6. The molecule has 0 saturated carbocycles. The van der Waals surface area contributed by atoms with Gasteiger partial charge in [-0.3, -0.25) is 0 Å². The molecule has 0 bridgehead atoms. The van der Waals surface area contributed by atoms with Gasteiger partial charge < -0.3 is 4.57 Å². The molecule has 0 fully saturated rings. The summed E-state index contributed by atoms with van der Waals surface area (Å²) in [7, 11) is 0. The first-order valence-corrected chi connectivity index (χ1v) is 19.5. The number of hydrogen-bond donors (Lipinski definition) is 0. The van der Waals surface area contributed by atoms with Crippen LogP contribution >= 0.6 is 0 Å². The van der Waals surface area contributed by atoms with E-state index in [0.29, 0.717) is 5.56 Å². The predicted octanol–water partition coefficient (Wildman–Crippen LogP) is 14.9. The van der Waals surface area contributed by atoms with Crippen LogP contribution in [0.3, 0.4) is 0 Å². The summed E-state index contributed by atoms with van der Waals surface area (Å²) in [4.78, 5) is 0. The summed E-state index contributed by atoms with van der Waals surface area (Å²) in [5.74, 6) is 0. The Morgan fingerprint density at radius 2 is 0.895 bits per heavy atom. The summed E-state index contributed by atoms with van der Waals surface area (Å²) < 4.78 is 2.32. The van der Waals surface area contributed by atoms with Gasteiger partial charge in [0.1, 0.15) is 0 Å². The largest absolute Gasteiger partial charge is 0.309 e. The Kier molecular flexibility index (Phi) is 6.73. The third kappa shape index (κ3) is 4.70. The van der Waals surface area contributed by atoms with E-state index in [0.717, 1.165) is 33.2 Å². The number of rotatable bonds is 4. The molecule has 57 heavy (non-hydrogen) atoms. The van der Waals surface area contributed by atoms with Gasteiger partial charge in [0, 0.05) is 16.5 Å². The van der Waals surface area contributed by atoms with E-state index in [1.165, 1.54) is 81.5 Å². The molecule has 12 rings (SSSR count). The molecule has 0 radical (unpaired) electrons. The summed E-state index contributed by atoms with van der Waals surface area (Å²) in [5.41, 5.74) is 11.2. The predicted molar refractivity (Wildman–Crippen MR) is 241 cm³/mol. The second kappa shape index (κ2) is 12.1. The Hall–Kier alpha value is -7.73. The van der Waals surface area contributed by atoms with E-state index in [4.69, 9.17) is 0 Å². The standard InChI is InChI=1S/C55H32N2/c56-33-34-27-38-25-26-39-29-40(30-53-55(39)54(38)52(28-34)57(53)41-13-2-1-3-14-41)35-21-23-37(24-22-35)48-31-50-47-19-9-8-18-46(47)49(32-51(50)45-17-7-6-16-44(45)48)43-20-10-12-36-11-4-5-15-42(36)43/h1-32H. The molecular weight excluding hydrogens is 689 g/mol. The number of fused-ring (bicyclic) bond motifs is 6. The van der Waals surface area contributed by atoms with Gasteiger partial charge >= 0.3 is 0 Å². The van der Waals surface area contributed by atoms with Crippen LogP contribution in [-0.2, 0) is 0 Å². The summed E-state index contributed by atoms with van der Waals surface area (Å²) in [5, 5.41) is 24.7. The molecule has 0 aliphatic rings. The molecule has 0 atom stereocenters. The van der Waals surface area contributed by atoms with Crippen LogP contribution in [0.15, 0.2) is 194 Å². The topological polar surface area (TPSA) is 28.7 Å². The molecule has 1 aromatic heterocycles. The van der Waals surface area contributed by atoms with Crippen LogP contribution in [0.2, 0.25) is 0 Å². The van der Waals surface area contributed by atoms with Crippen LogP contribution in [0.5, 0.6) is 0 Å². The second-order valence-electron chi connectivity index (χ2n) is 15.2. The molecule has 0 spiro atoms. The highest BCUT2D eigenvalue weighted by molar-refractivity contribution is 6.26. The molecule has 0 unspecified atom stereocenters. The minimum Gasteiger partial charge on any atom is -0.309 e. The van der Waals surface area contributed by atoms with Gasteiger partial charge in [0.05, 0.1) is 22.7 Å². The minimum atomic E-state index is 0.667. The van der Waals surface area contributed by atoms with Crippen molar-refractivity contribution in [3.05, 3.63) is 200 Å². The van der Waals surface area contributed by atoms with Gasteiger partial charge in [-0.2, -0.15) is 5.26 Å². The van der Waals surface area contributed by atoms with E-state index in [1.54, 1.807) is 0 Å². The maximum absolute atomic E-state index is 9.93. The quantitative estimate of drug-likeness (QED) is 0.166. The molecule has 0 aliphatic carbocycles. The average molecular weight is 721 g/mol. The summed E-state index contributed by atoms with van der Waals surface area (Å²) >= 11 is 0. The van der Waals surface area contributed by atoms with Crippen molar-refractivity contribution in [3.8, 4) is 45.1 Å². The maximum Gasteiger partial charge on any atom is 0.0992 e. The molecule has 2 heteroatoms. The lowest BCUT2D eigenvalue weighted by Crippen LogP contribution is -1.94. The average Bonchev–Trinajstić information content (AvgIpc) is 3.62. The van der Waals surface area contributed by atoms with Crippen LogP contribution in [-0.4, -0.2) is 4.57 Å². The number of nitriles is 1. The number of nitrogens with zero attached hydrogens (tertiary/aromatic N) is 2. The van der Waals surface area contributed by atoms with Gasteiger partial charge in [0.15, 0.2) is 0 Å². The van der Waals surface area contributed by atoms with E-state index in [2.05, 4.69) is 187 Å². The van der Waals surface area contributed by atoms with Crippen molar-refractivity contribution in [2.24, 2.45) is 0 Å². The Morgan fingerprint density at radius 3 is 1.61 bits per heavy atom. The van der Waals surface area contributed by atoms with Crippen LogP contribution < -0.4 is 0 Å². The van der Waals surface area contributed by atoms with Crippen molar-refractivity contribution in [2.75, 3.05) is 0 Å². The fraction of sp³-hybridized carbons (Fsp3) is 0. The molecule has 12 aromatic rings. The highest BCUT2D eigenvalue weighted by Crippen LogP contribution is 2.45. The molecule has 262 valence electrons. The number of benzene rings is 11. The Labute approximate surface area is 329 Å². The Bertz CT molecular complexity index is 3620. The van der Waals surface area contributed by atoms with Crippen molar-refractivity contribution in [1.82, 2.24) is 4.57 Å². The highest BCUT2D eigenvalue weighted by Gasteiger charge is 2.20. The van der Waals surface area contributed by atoms with E-state index in [1.807, 2.05) is 18.2 Å². The summed E-state index contributed by atoms with van der Waals surface area (Å²) in [6.45, 7) is 0. The van der Waals surface area contributed by atoms with Crippen molar-refractivity contribution in [1.29, 1.82) is 5.26 Å². The van der Waals surface area contributed by atoms with E-state index < -0.39 is 0 Å². The fourth-order valence-corrected chi connectivity index (χ4v) is 9.57. The van der Waals surface area contributed by atoms with Crippen molar-refractivity contribution in [2.45, 2.75) is 0 Å². The van der Waals surface area contributed by atoms with Crippen LogP contribution in [0, 0.1) is 11.3 Å². The lowest BCUT2D eigenvalue weighted by Gasteiger charge is -2.17. The van der Waals surface area contributed by atoms with Crippen LogP contribution in [0.1, 0.15) is 5.56 Å². The summed E-state index contributed by atoms with van der Waals surface area (Å²) in [6, 6.07) is 72.9. The summed E-state index contributed by atoms with van der Waals surface area (Å²) in [6.07, 6.45) is 0. The molecule has 2 nitrogen and oxygen atoms in total. The zero-order valence-electron chi connectivity index (χ0n) is 30.9. The van der Waals surface area contributed by atoms with Crippen molar-refractivity contribution < 1.29 is 0 Å². The third-order valence-corrected chi connectivity index (χ3v) is 12.1. The molecular formula is C55H32N2.